The van der Waals surface area contributed by atoms with Gasteiger partial charge in [-0.05, 0) is 50.7 Å². The van der Waals surface area contributed by atoms with E-state index in [1.807, 2.05) is 6.92 Å². The molecule has 2 saturated heterocycles. The molecular formula is C20H28F3N3O3S. The molecule has 4 rings (SSSR count). The van der Waals surface area contributed by atoms with Crippen LogP contribution in [0.15, 0.2) is 17.2 Å². The molecule has 1 aromatic rings. The quantitative estimate of drug-likeness (QED) is 0.768. The molecule has 0 radical (unpaired) electrons. The van der Waals surface area contributed by atoms with E-state index in [1.54, 1.807) is 6.92 Å². The topological polar surface area (TPSA) is 73.7 Å². The number of hydrogen-bond donors (Lipinski definition) is 1. The summed E-state index contributed by atoms with van der Waals surface area (Å²) in [5, 5.41) is 10.1. The third-order valence-electron chi connectivity index (χ3n) is 6.89. The monoisotopic (exact) mass is 447 g/mol. The highest BCUT2D eigenvalue weighted by Gasteiger charge is 2.56. The fraction of sp³-hybridized carbons (Fsp3) is 0.750. The zero-order chi connectivity index (χ0) is 21.9. The number of rotatable bonds is 4. The highest BCUT2D eigenvalue weighted by atomic mass is 32.2. The SMILES string of the molecule is CCc1cc(C(F)(F)F)ncc1S(=O)(=O)N1CC2(CN(C3CCC(C)(O)CC3)C2)C1. The molecule has 1 aromatic heterocycles. The Morgan fingerprint density at radius 2 is 1.80 bits per heavy atom. The number of alkyl halides is 3. The highest BCUT2D eigenvalue weighted by Crippen LogP contribution is 2.45. The maximum atomic E-state index is 13.0. The molecule has 1 N–H and O–H groups in total. The van der Waals surface area contributed by atoms with E-state index in [1.165, 1.54) is 4.31 Å². The van der Waals surface area contributed by atoms with Crippen LogP contribution in [0.25, 0.3) is 0 Å². The Balaban J connectivity index is 1.39. The number of aliphatic hydroxyl groups is 1. The van der Waals surface area contributed by atoms with Gasteiger partial charge < -0.3 is 5.11 Å². The van der Waals surface area contributed by atoms with Crippen molar-refractivity contribution in [2.24, 2.45) is 5.41 Å². The van der Waals surface area contributed by atoms with Crippen molar-refractivity contribution in [3.05, 3.63) is 23.5 Å². The zero-order valence-electron chi connectivity index (χ0n) is 17.2. The van der Waals surface area contributed by atoms with E-state index in [2.05, 4.69) is 9.88 Å². The van der Waals surface area contributed by atoms with E-state index in [9.17, 15) is 26.7 Å². The Kier molecular flexibility index (Phi) is 5.24. The maximum Gasteiger partial charge on any atom is 0.433 e. The first-order chi connectivity index (χ1) is 13.9. The van der Waals surface area contributed by atoms with E-state index in [0.717, 1.165) is 51.0 Å². The number of pyridine rings is 1. The normalized spacial score (nSPS) is 30.1. The first kappa shape index (κ1) is 22.0. The first-order valence-corrected chi connectivity index (χ1v) is 11.8. The van der Waals surface area contributed by atoms with Crippen LogP contribution in [0.1, 0.15) is 50.8 Å². The molecule has 30 heavy (non-hydrogen) atoms. The van der Waals surface area contributed by atoms with Crippen molar-refractivity contribution in [1.29, 1.82) is 0 Å². The van der Waals surface area contributed by atoms with Gasteiger partial charge in [0, 0.05) is 43.8 Å². The van der Waals surface area contributed by atoms with E-state index >= 15 is 0 Å². The summed E-state index contributed by atoms with van der Waals surface area (Å²) < 4.78 is 66.1. The molecule has 1 saturated carbocycles. The third-order valence-corrected chi connectivity index (χ3v) is 8.75. The van der Waals surface area contributed by atoms with Crippen molar-refractivity contribution in [3.63, 3.8) is 0 Å². The van der Waals surface area contributed by atoms with Crippen molar-refractivity contribution in [3.8, 4) is 0 Å². The van der Waals surface area contributed by atoms with Gasteiger partial charge in [0.1, 0.15) is 10.6 Å². The van der Waals surface area contributed by atoms with Gasteiger partial charge >= 0.3 is 6.18 Å². The van der Waals surface area contributed by atoms with Crippen molar-refractivity contribution in [2.45, 2.75) is 68.7 Å². The van der Waals surface area contributed by atoms with Gasteiger partial charge in [0.2, 0.25) is 10.0 Å². The Bertz CT molecular complexity index is 909. The predicted octanol–water partition coefficient (Wildman–Crippen LogP) is 2.66. The van der Waals surface area contributed by atoms with Gasteiger partial charge in [-0.25, -0.2) is 8.42 Å². The lowest BCUT2D eigenvalue weighted by molar-refractivity contribution is -0.141. The smallest absolute Gasteiger partial charge is 0.390 e. The molecule has 1 spiro atoms. The minimum atomic E-state index is -4.60. The van der Waals surface area contributed by atoms with Crippen LogP contribution in [0.5, 0.6) is 0 Å². The Morgan fingerprint density at radius 1 is 1.20 bits per heavy atom. The lowest BCUT2D eigenvalue weighted by Crippen LogP contribution is -2.74. The van der Waals surface area contributed by atoms with Crippen molar-refractivity contribution < 1.29 is 26.7 Å². The molecule has 2 aliphatic heterocycles. The minimum Gasteiger partial charge on any atom is -0.390 e. The van der Waals surface area contributed by atoms with Crippen LogP contribution < -0.4 is 0 Å². The van der Waals surface area contributed by atoms with Crippen LogP contribution in [-0.2, 0) is 22.6 Å². The van der Waals surface area contributed by atoms with Gasteiger partial charge in [0.15, 0.2) is 0 Å². The summed E-state index contributed by atoms with van der Waals surface area (Å²) in [5.41, 5.74) is -1.56. The molecule has 0 bridgehead atoms. The number of hydrogen-bond acceptors (Lipinski definition) is 5. The number of likely N-dealkylation sites (tertiary alicyclic amines) is 1. The van der Waals surface area contributed by atoms with Gasteiger partial charge in [-0.15, -0.1) is 0 Å². The number of nitrogens with zero attached hydrogens (tertiary/aromatic N) is 3. The van der Waals surface area contributed by atoms with E-state index in [4.69, 9.17) is 0 Å². The molecule has 3 aliphatic rings. The van der Waals surface area contributed by atoms with E-state index < -0.39 is 27.5 Å². The van der Waals surface area contributed by atoms with Crippen LogP contribution in [0, 0.1) is 5.41 Å². The largest absolute Gasteiger partial charge is 0.433 e. The fourth-order valence-electron chi connectivity index (χ4n) is 5.02. The van der Waals surface area contributed by atoms with Crippen LogP contribution in [0.3, 0.4) is 0 Å². The van der Waals surface area contributed by atoms with Crippen LogP contribution >= 0.6 is 0 Å². The molecule has 3 heterocycles. The minimum absolute atomic E-state index is 0.0568. The van der Waals surface area contributed by atoms with Crippen LogP contribution in [0.2, 0.25) is 0 Å². The summed E-state index contributed by atoms with van der Waals surface area (Å²) in [6.45, 7) is 5.95. The second kappa shape index (κ2) is 7.15. The predicted molar refractivity (Wildman–Crippen MR) is 104 cm³/mol. The van der Waals surface area contributed by atoms with E-state index in [0.29, 0.717) is 19.1 Å². The first-order valence-electron chi connectivity index (χ1n) is 10.4. The zero-order valence-corrected chi connectivity index (χ0v) is 18.1. The van der Waals surface area contributed by atoms with Gasteiger partial charge in [0.05, 0.1) is 5.60 Å². The molecule has 0 unspecified atom stereocenters. The number of aromatic nitrogens is 1. The van der Waals surface area contributed by atoms with Gasteiger partial charge in [0.25, 0.3) is 0 Å². The molecule has 1 aliphatic carbocycles. The van der Waals surface area contributed by atoms with Crippen molar-refractivity contribution in [2.75, 3.05) is 26.2 Å². The van der Waals surface area contributed by atoms with Crippen molar-refractivity contribution >= 4 is 10.0 Å². The standard InChI is InChI=1S/C20H28F3N3O3S/c1-3-14-8-17(20(21,22)23)24-9-16(14)30(28,29)26-12-19(13-26)10-25(11-19)15-4-6-18(2,27)7-5-15/h8-9,15,27H,3-7,10-13H2,1-2H3. The molecule has 0 atom stereocenters. The molecule has 10 heteroatoms. The summed E-state index contributed by atoms with van der Waals surface area (Å²) in [4.78, 5) is 5.61. The lowest BCUT2D eigenvalue weighted by Gasteiger charge is -2.62. The van der Waals surface area contributed by atoms with E-state index in [-0.39, 0.29) is 22.3 Å². The number of sulfonamides is 1. The summed E-state index contributed by atoms with van der Waals surface area (Å²) in [6.07, 6.45) is -0.120. The van der Waals surface area contributed by atoms with Crippen LogP contribution in [0.4, 0.5) is 13.2 Å². The summed E-state index contributed by atoms with van der Waals surface area (Å²) in [7, 11) is -3.86. The Hall–Kier alpha value is -1.23. The number of aryl methyl sites for hydroxylation is 1. The Morgan fingerprint density at radius 3 is 2.33 bits per heavy atom. The summed E-state index contributed by atoms with van der Waals surface area (Å²) in [5.74, 6) is 0. The average molecular weight is 448 g/mol. The molecule has 168 valence electrons. The van der Waals surface area contributed by atoms with Gasteiger partial charge in [-0.2, -0.15) is 17.5 Å². The van der Waals surface area contributed by atoms with Gasteiger partial charge in [-0.1, -0.05) is 6.92 Å². The fourth-order valence-corrected chi connectivity index (χ4v) is 6.91. The molecule has 6 nitrogen and oxygen atoms in total. The summed E-state index contributed by atoms with van der Waals surface area (Å²) >= 11 is 0. The maximum absolute atomic E-state index is 13.0. The number of halogens is 3. The summed E-state index contributed by atoms with van der Waals surface area (Å²) in [6, 6.07) is 1.28. The molecule has 0 aromatic carbocycles. The average Bonchev–Trinajstić information content (AvgIpc) is 2.59. The third kappa shape index (κ3) is 3.87. The Labute approximate surface area is 175 Å². The van der Waals surface area contributed by atoms with Crippen LogP contribution in [-0.4, -0.2) is 65.5 Å². The molecule has 0 amide bonds. The second-order valence-corrected chi connectivity index (χ2v) is 11.3. The highest BCUT2D eigenvalue weighted by molar-refractivity contribution is 7.89. The van der Waals surface area contributed by atoms with Crippen molar-refractivity contribution in [1.82, 2.24) is 14.2 Å². The second-order valence-electron chi connectivity index (χ2n) is 9.43. The van der Waals surface area contributed by atoms with Gasteiger partial charge in [-0.3, -0.25) is 9.88 Å². The molecule has 3 fully saturated rings. The molecular weight excluding hydrogens is 419 g/mol. The lowest BCUT2D eigenvalue weighted by atomic mass is 9.72.